The number of para-hydroxylation sites is 2. The summed E-state index contributed by atoms with van der Waals surface area (Å²) in [6.45, 7) is 0. The topological polar surface area (TPSA) is 56.5 Å². The predicted molar refractivity (Wildman–Crippen MR) is 207 cm³/mol. The molecular formula is C47H29N5. The minimum Gasteiger partial charge on any atom is -0.292 e. The fourth-order valence-corrected chi connectivity index (χ4v) is 8.51. The van der Waals surface area contributed by atoms with Gasteiger partial charge in [-0.1, -0.05) is 158 Å². The van der Waals surface area contributed by atoms with Gasteiger partial charge in [-0.05, 0) is 51.6 Å². The van der Waals surface area contributed by atoms with Crippen molar-refractivity contribution in [2.45, 2.75) is 5.41 Å². The Morgan fingerprint density at radius 3 is 1.60 bits per heavy atom. The van der Waals surface area contributed by atoms with Crippen LogP contribution < -0.4 is 0 Å². The number of rotatable bonds is 4. The second-order valence-corrected chi connectivity index (χ2v) is 13.4. The van der Waals surface area contributed by atoms with Crippen LogP contribution in [-0.2, 0) is 5.41 Å². The Labute approximate surface area is 300 Å². The Kier molecular flexibility index (Phi) is 6.10. The van der Waals surface area contributed by atoms with Gasteiger partial charge in [-0.25, -0.2) is 19.9 Å². The highest BCUT2D eigenvalue weighted by Crippen LogP contribution is 2.61. The van der Waals surface area contributed by atoms with E-state index in [0.717, 1.165) is 44.8 Å². The summed E-state index contributed by atoms with van der Waals surface area (Å²) in [6.07, 6.45) is 0. The number of imidazole rings is 1. The van der Waals surface area contributed by atoms with Crippen LogP contribution in [0.15, 0.2) is 176 Å². The van der Waals surface area contributed by atoms with E-state index in [-0.39, 0.29) is 0 Å². The second-order valence-electron chi connectivity index (χ2n) is 13.4. The zero-order valence-corrected chi connectivity index (χ0v) is 28.0. The molecule has 0 N–H and O–H groups in total. The van der Waals surface area contributed by atoms with E-state index in [2.05, 4.69) is 144 Å². The molecule has 0 amide bonds. The molecule has 3 heterocycles. The highest BCUT2D eigenvalue weighted by atomic mass is 15.1. The predicted octanol–water partition coefficient (Wildman–Crippen LogP) is 10.6. The average molecular weight is 664 g/mol. The monoisotopic (exact) mass is 663 g/mol. The quantitative estimate of drug-likeness (QED) is 0.188. The lowest BCUT2D eigenvalue weighted by Gasteiger charge is -2.39. The highest BCUT2D eigenvalue weighted by Gasteiger charge is 2.51. The van der Waals surface area contributed by atoms with E-state index in [1.54, 1.807) is 0 Å². The van der Waals surface area contributed by atoms with Gasteiger partial charge >= 0.3 is 0 Å². The standard InChI is InChI=1S/C47H29N5/c1-4-15-30(16-5-1)43-49-44(31-17-6-2-7-18-31)51-45(50-43)33-27-28-35-34-21-10-11-22-36(34)47(39(35)29-33)37-23-12-13-26-41(37)52-42-38(47)24-14-25-40(42)48-46(52)32-19-8-3-9-20-32/h1-29H. The molecule has 0 radical (unpaired) electrons. The maximum atomic E-state index is 5.30. The number of hydrogen-bond donors (Lipinski definition) is 0. The molecular weight excluding hydrogens is 635 g/mol. The number of fused-ring (bicyclic) bond motifs is 9. The van der Waals surface area contributed by atoms with Crippen molar-refractivity contribution >= 4 is 11.0 Å². The molecule has 5 nitrogen and oxygen atoms in total. The van der Waals surface area contributed by atoms with E-state index in [9.17, 15) is 0 Å². The van der Waals surface area contributed by atoms with Crippen molar-refractivity contribution in [2.24, 2.45) is 0 Å². The molecule has 1 aliphatic heterocycles. The van der Waals surface area contributed by atoms with Crippen molar-refractivity contribution in [3.63, 3.8) is 0 Å². The van der Waals surface area contributed by atoms with E-state index >= 15 is 0 Å². The first-order chi connectivity index (χ1) is 25.8. The third kappa shape index (κ3) is 3.99. The van der Waals surface area contributed by atoms with Crippen molar-refractivity contribution in [3.8, 4) is 62.4 Å². The summed E-state index contributed by atoms with van der Waals surface area (Å²) in [4.78, 5) is 20.5. The molecule has 242 valence electrons. The largest absolute Gasteiger partial charge is 0.292 e. The minimum atomic E-state index is -0.598. The molecule has 1 spiro atoms. The van der Waals surface area contributed by atoms with E-state index in [1.807, 2.05) is 36.4 Å². The lowest BCUT2D eigenvalue weighted by Crippen LogP contribution is -2.33. The summed E-state index contributed by atoms with van der Waals surface area (Å²) < 4.78 is 2.37. The van der Waals surface area contributed by atoms with E-state index < -0.39 is 5.41 Å². The van der Waals surface area contributed by atoms with E-state index in [0.29, 0.717) is 17.5 Å². The van der Waals surface area contributed by atoms with Gasteiger partial charge in [-0.3, -0.25) is 4.57 Å². The summed E-state index contributed by atoms with van der Waals surface area (Å²) in [5.74, 6) is 2.87. The SMILES string of the molecule is c1ccc(-c2nc(-c3ccccc3)nc(-c3ccc4c(c3)C3(c5ccccc5-4)c4ccccc4-n4c(-c5ccccc5)nc5cccc3c54)n2)cc1. The molecule has 1 unspecified atom stereocenters. The van der Waals surface area contributed by atoms with Crippen molar-refractivity contribution in [1.29, 1.82) is 0 Å². The second kappa shape index (κ2) is 11.0. The molecule has 0 fully saturated rings. The normalized spacial score (nSPS) is 15.0. The van der Waals surface area contributed by atoms with Crippen LogP contribution in [0.4, 0.5) is 0 Å². The van der Waals surface area contributed by atoms with Crippen LogP contribution in [0.2, 0.25) is 0 Å². The molecule has 1 aliphatic carbocycles. The molecule has 9 aromatic rings. The average Bonchev–Trinajstić information content (AvgIpc) is 3.76. The fourth-order valence-electron chi connectivity index (χ4n) is 8.51. The molecule has 0 saturated heterocycles. The Balaban J connectivity index is 1.22. The maximum absolute atomic E-state index is 5.30. The molecule has 2 aliphatic rings. The molecule has 5 heteroatoms. The van der Waals surface area contributed by atoms with Crippen LogP contribution in [0.5, 0.6) is 0 Å². The number of aromatic nitrogens is 5. The molecule has 52 heavy (non-hydrogen) atoms. The molecule has 1 atom stereocenters. The van der Waals surface area contributed by atoms with Crippen molar-refractivity contribution in [3.05, 3.63) is 198 Å². The van der Waals surface area contributed by atoms with Crippen molar-refractivity contribution < 1.29 is 0 Å². The molecule has 7 aromatic carbocycles. The first kappa shape index (κ1) is 28.8. The number of benzene rings is 7. The highest BCUT2D eigenvalue weighted by molar-refractivity contribution is 5.97. The molecule has 2 aromatic heterocycles. The van der Waals surface area contributed by atoms with Crippen molar-refractivity contribution in [1.82, 2.24) is 24.5 Å². The Bertz CT molecular complexity index is 2790. The van der Waals surface area contributed by atoms with Gasteiger partial charge in [-0.15, -0.1) is 0 Å². The van der Waals surface area contributed by atoms with Gasteiger partial charge in [0, 0.05) is 22.3 Å². The van der Waals surface area contributed by atoms with Gasteiger partial charge in [0.15, 0.2) is 17.5 Å². The maximum Gasteiger partial charge on any atom is 0.164 e. The Morgan fingerprint density at radius 1 is 0.365 bits per heavy atom. The van der Waals surface area contributed by atoms with Gasteiger partial charge in [0.25, 0.3) is 0 Å². The zero-order valence-electron chi connectivity index (χ0n) is 28.0. The number of hydrogen-bond acceptors (Lipinski definition) is 4. The van der Waals surface area contributed by atoms with E-state index in [4.69, 9.17) is 19.9 Å². The van der Waals surface area contributed by atoms with Crippen LogP contribution in [0.25, 0.3) is 73.4 Å². The van der Waals surface area contributed by atoms with Crippen LogP contribution in [0.3, 0.4) is 0 Å². The van der Waals surface area contributed by atoms with Crippen LogP contribution in [0, 0.1) is 0 Å². The summed E-state index contributed by atoms with van der Waals surface area (Å²) in [7, 11) is 0. The summed E-state index contributed by atoms with van der Waals surface area (Å²) in [5, 5.41) is 0. The smallest absolute Gasteiger partial charge is 0.164 e. The van der Waals surface area contributed by atoms with Crippen molar-refractivity contribution in [2.75, 3.05) is 0 Å². The van der Waals surface area contributed by atoms with Crippen LogP contribution >= 0.6 is 0 Å². The Hall–Kier alpha value is -6.98. The van der Waals surface area contributed by atoms with Crippen LogP contribution in [0.1, 0.15) is 22.3 Å². The molecule has 11 rings (SSSR count). The summed E-state index contributed by atoms with van der Waals surface area (Å²) in [6, 6.07) is 61.9. The van der Waals surface area contributed by atoms with Gasteiger partial charge < -0.3 is 0 Å². The van der Waals surface area contributed by atoms with Crippen LogP contribution in [-0.4, -0.2) is 24.5 Å². The zero-order chi connectivity index (χ0) is 34.2. The lowest BCUT2D eigenvalue weighted by molar-refractivity contribution is 0.746. The molecule has 0 bridgehead atoms. The molecule has 0 saturated carbocycles. The minimum absolute atomic E-state index is 0.598. The fraction of sp³-hybridized carbons (Fsp3) is 0.0213. The van der Waals surface area contributed by atoms with Gasteiger partial charge in [0.1, 0.15) is 5.82 Å². The third-order valence-corrected chi connectivity index (χ3v) is 10.7. The third-order valence-electron chi connectivity index (χ3n) is 10.7. The summed E-state index contributed by atoms with van der Waals surface area (Å²) in [5.41, 5.74) is 13.9. The number of nitrogens with zero attached hydrogens (tertiary/aromatic N) is 5. The van der Waals surface area contributed by atoms with E-state index in [1.165, 1.54) is 33.4 Å². The lowest BCUT2D eigenvalue weighted by atomic mass is 9.65. The van der Waals surface area contributed by atoms with Gasteiger partial charge in [0.05, 0.1) is 22.1 Å². The summed E-state index contributed by atoms with van der Waals surface area (Å²) >= 11 is 0. The first-order valence-electron chi connectivity index (χ1n) is 17.6. The van der Waals surface area contributed by atoms with Gasteiger partial charge in [0.2, 0.25) is 0 Å². The first-order valence-corrected chi connectivity index (χ1v) is 17.6. The van der Waals surface area contributed by atoms with Gasteiger partial charge in [-0.2, -0.15) is 0 Å². The Morgan fingerprint density at radius 2 is 0.904 bits per heavy atom.